The van der Waals surface area contributed by atoms with Crippen LogP contribution in [0.4, 0.5) is 5.69 Å². The van der Waals surface area contributed by atoms with E-state index in [9.17, 15) is 0 Å². The van der Waals surface area contributed by atoms with E-state index in [-0.39, 0.29) is 6.10 Å². The normalized spacial score (nSPS) is 23.7. The van der Waals surface area contributed by atoms with Gasteiger partial charge in [0.15, 0.2) is 6.10 Å². The summed E-state index contributed by atoms with van der Waals surface area (Å²) in [6.07, 6.45) is 5.00. The molecular weight excluding hydrogens is 224 g/mol. The van der Waals surface area contributed by atoms with Crippen LogP contribution in [0.1, 0.15) is 44.3 Å². The van der Waals surface area contributed by atoms with Crippen molar-refractivity contribution in [3.63, 3.8) is 0 Å². The van der Waals surface area contributed by atoms with Crippen molar-refractivity contribution >= 4 is 11.4 Å². The molecule has 0 aliphatic carbocycles. The molecule has 0 N–H and O–H groups in total. The summed E-state index contributed by atoms with van der Waals surface area (Å²) < 4.78 is 0. The minimum Gasteiger partial charge on any atom is -0.387 e. The fraction of sp³-hybridized carbons (Fsp3) is 0.533. The van der Waals surface area contributed by atoms with Crippen LogP contribution in [0.15, 0.2) is 29.4 Å². The number of nitrogens with zero attached hydrogens (tertiary/aromatic N) is 2. The van der Waals surface area contributed by atoms with Crippen molar-refractivity contribution in [2.75, 3.05) is 18.0 Å². The molecule has 3 heteroatoms. The topological polar surface area (TPSA) is 24.8 Å². The molecule has 2 aliphatic heterocycles. The lowest BCUT2D eigenvalue weighted by Crippen LogP contribution is -2.30. The fourth-order valence-corrected chi connectivity index (χ4v) is 2.85. The molecule has 1 fully saturated rings. The molecule has 1 aromatic rings. The van der Waals surface area contributed by atoms with Gasteiger partial charge in [-0.2, -0.15) is 0 Å². The Morgan fingerprint density at radius 3 is 2.67 bits per heavy atom. The summed E-state index contributed by atoms with van der Waals surface area (Å²) in [6.45, 7) is 4.37. The highest BCUT2D eigenvalue weighted by atomic mass is 16.6. The van der Waals surface area contributed by atoms with E-state index in [0.717, 1.165) is 12.1 Å². The fourth-order valence-electron chi connectivity index (χ4n) is 2.85. The lowest BCUT2D eigenvalue weighted by atomic mass is 10.0. The summed E-state index contributed by atoms with van der Waals surface area (Å²) in [7, 11) is 0. The molecule has 2 aliphatic rings. The summed E-state index contributed by atoms with van der Waals surface area (Å²) in [4.78, 5) is 8.04. The van der Waals surface area contributed by atoms with Gasteiger partial charge >= 0.3 is 0 Å². The van der Waals surface area contributed by atoms with Crippen molar-refractivity contribution in [3.8, 4) is 0 Å². The van der Waals surface area contributed by atoms with E-state index in [2.05, 4.69) is 34.3 Å². The number of benzene rings is 1. The van der Waals surface area contributed by atoms with E-state index >= 15 is 0 Å². The van der Waals surface area contributed by atoms with Crippen LogP contribution in [0.25, 0.3) is 0 Å². The Labute approximate surface area is 108 Å². The summed E-state index contributed by atoms with van der Waals surface area (Å²) in [5.74, 6) is 0. The summed E-state index contributed by atoms with van der Waals surface area (Å²) in [5, 5.41) is 4.08. The molecule has 3 rings (SSSR count). The number of para-hydroxylation sites is 1. The van der Waals surface area contributed by atoms with E-state index in [1.165, 1.54) is 43.6 Å². The smallest absolute Gasteiger partial charge is 0.159 e. The molecule has 0 spiro atoms. The second-order valence-electron chi connectivity index (χ2n) is 5.23. The first-order valence-corrected chi connectivity index (χ1v) is 6.88. The molecule has 0 amide bonds. The Hall–Kier alpha value is -1.51. The first kappa shape index (κ1) is 11.6. The Bertz CT molecular complexity index is 429. The van der Waals surface area contributed by atoms with Crippen LogP contribution in [-0.4, -0.2) is 18.8 Å². The highest BCUT2D eigenvalue weighted by molar-refractivity contribution is 5.83. The third kappa shape index (κ3) is 2.22. The molecule has 18 heavy (non-hydrogen) atoms. The van der Waals surface area contributed by atoms with Crippen LogP contribution in [0.3, 0.4) is 0 Å². The molecule has 0 bridgehead atoms. The van der Waals surface area contributed by atoms with Crippen molar-refractivity contribution < 1.29 is 4.84 Å². The third-order valence-corrected chi connectivity index (χ3v) is 3.80. The van der Waals surface area contributed by atoms with Gasteiger partial charge in [0.1, 0.15) is 0 Å². The highest BCUT2D eigenvalue weighted by Crippen LogP contribution is 2.35. The summed E-state index contributed by atoms with van der Waals surface area (Å²) in [6, 6.07) is 8.62. The maximum absolute atomic E-state index is 5.54. The zero-order valence-electron chi connectivity index (χ0n) is 10.9. The van der Waals surface area contributed by atoms with Crippen LogP contribution in [0, 0.1) is 0 Å². The Balaban J connectivity index is 1.85. The minimum absolute atomic E-state index is 0.114. The Kier molecular flexibility index (Phi) is 3.22. The quantitative estimate of drug-likeness (QED) is 0.795. The van der Waals surface area contributed by atoms with Crippen molar-refractivity contribution in [1.29, 1.82) is 0 Å². The van der Waals surface area contributed by atoms with Gasteiger partial charge in [-0.15, -0.1) is 0 Å². The summed E-state index contributed by atoms with van der Waals surface area (Å²) >= 11 is 0. The molecule has 1 atom stereocenters. The predicted octanol–water partition coefficient (Wildman–Crippen LogP) is 3.51. The molecule has 1 aromatic carbocycles. The SMILES string of the molecule is CC1=NO[C@@H](c2ccccc2N2CCCCC2)C1. The van der Waals surface area contributed by atoms with Crippen LogP contribution in [0.5, 0.6) is 0 Å². The van der Waals surface area contributed by atoms with Crippen molar-refractivity contribution in [2.24, 2.45) is 5.16 Å². The first-order chi connectivity index (χ1) is 8.84. The standard InChI is InChI=1S/C15H20N2O/c1-12-11-15(18-16-12)13-7-3-4-8-14(13)17-9-5-2-6-10-17/h3-4,7-8,15H,2,5-6,9-11H2,1H3/t15-/m1/s1. The number of hydrogen-bond donors (Lipinski definition) is 0. The first-order valence-electron chi connectivity index (χ1n) is 6.88. The monoisotopic (exact) mass is 244 g/mol. The molecule has 96 valence electrons. The lowest BCUT2D eigenvalue weighted by molar-refractivity contribution is 0.0859. The van der Waals surface area contributed by atoms with Crippen LogP contribution >= 0.6 is 0 Å². The van der Waals surface area contributed by atoms with Crippen molar-refractivity contribution in [1.82, 2.24) is 0 Å². The highest BCUT2D eigenvalue weighted by Gasteiger charge is 2.25. The van der Waals surface area contributed by atoms with Gasteiger partial charge in [-0.05, 0) is 32.3 Å². The number of rotatable bonds is 2. The van der Waals surface area contributed by atoms with Gasteiger partial charge in [-0.25, -0.2) is 0 Å². The Morgan fingerprint density at radius 1 is 1.17 bits per heavy atom. The maximum atomic E-state index is 5.54. The molecule has 2 heterocycles. The number of hydrogen-bond acceptors (Lipinski definition) is 3. The second-order valence-corrected chi connectivity index (χ2v) is 5.23. The third-order valence-electron chi connectivity index (χ3n) is 3.80. The molecule has 1 saturated heterocycles. The average Bonchev–Trinajstić information content (AvgIpc) is 2.86. The van der Waals surface area contributed by atoms with Gasteiger partial charge in [0.05, 0.1) is 5.71 Å². The van der Waals surface area contributed by atoms with Crippen molar-refractivity contribution in [2.45, 2.75) is 38.7 Å². The van der Waals surface area contributed by atoms with E-state index in [4.69, 9.17) is 4.84 Å². The lowest BCUT2D eigenvalue weighted by Gasteiger charge is -2.31. The molecular formula is C15H20N2O. The van der Waals surface area contributed by atoms with Crippen LogP contribution < -0.4 is 4.90 Å². The van der Waals surface area contributed by atoms with Crippen molar-refractivity contribution in [3.05, 3.63) is 29.8 Å². The molecule has 0 radical (unpaired) electrons. The van der Waals surface area contributed by atoms with Crippen LogP contribution in [-0.2, 0) is 4.84 Å². The largest absolute Gasteiger partial charge is 0.387 e. The molecule has 0 unspecified atom stereocenters. The van der Waals surface area contributed by atoms with E-state index in [0.29, 0.717) is 0 Å². The van der Waals surface area contributed by atoms with Crippen LogP contribution in [0.2, 0.25) is 0 Å². The van der Waals surface area contributed by atoms with E-state index in [1.54, 1.807) is 0 Å². The number of oxime groups is 1. The average molecular weight is 244 g/mol. The van der Waals surface area contributed by atoms with Gasteiger partial charge in [0.25, 0.3) is 0 Å². The van der Waals surface area contributed by atoms with Gasteiger partial charge in [0, 0.05) is 30.8 Å². The Morgan fingerprint density at radius 2 is 1.94 bits per heavy atom. The molecule has 0 saturated carbocycles. The zero-order chi connectivity index (χ0) is 12.4. The summed E-state index contributed by atoms with van der Waals surface area (Å²) in [5.41, 5.74) is 3.72. The van der Waals surface area contributed by atoms with Gasteiger partial charge in [-0.1, -0.05) is 23.4 Å². The van der Waals surface area contributed by atoms with E-state index < -0.39 is 0 Å². The maximum Gasteiger partial charge on any atom is 0.159 e. The second kappa shape index (κ2) is 5.01. The van der Waals surface area contributed by atoms with Gasteiger partial charge in [0.2, 0.25) is 0 Å². The minimum atomic E-state index is 0.114. The predicted molar refractivity (Wildman–Crippen MR) is 74.1 cm³/mol. The number of piperidine rings is 1. The molecule has 3 nitrogen and oxygen atoms in total. The zero-order valence-corrected chi connectivity index (χ0v) is 10.9. The molecule has 0 aromatic heterocycles. The van der Waals surface area contributed by atoms with E-state index in [1.807, 2.05) is 6.92 Å². The number of anilines is 1. The van der Waals surface area contributed by atoms with Gasteiger partial charge in [-0.3, -0.25) is 0 Å². The van der Waals surface area contributed by atoms with Gasteiger partial charge < -0.3 is 9.74 Å².